The summed E-state index contributed by atoms with van der Waals surface area (Å²) in [5, 5.41) is 9.88. The highest BCUT2D eigenvalue weighted by Gasteiger charge is 2.19. The second-order valence-electron chi connectivity index (χ2n) is 2.76. The van der Waals surface area contributed by atoms with E-state index in [-0.39, 0.29) is 16.6 Å². The predicted octanol–water partition coefficient (Wildman–Crippen LogP) is -0.533. The lowest BCUT2D eigenvalue weighted by Gasteiger charge is -1.94. The number of amides is 1. The SMILES string of the molecule is CSc1[nH]c2nn[nH]c(=O)c2c1C(N)=O. The van der Waals surface area contributed by atoms with Crippen LogP contribution in [0.25, 0.3) is 11.0 Å². The van der Waals surface area contributed by atoms with Gasteiger partial charge in [0.25, 0.3) is 11.5 Å². The number of nitrogens with two attached hydrogens (primary N) is 1. The van der Waals surface area contributed by atoms with Crippen molar-refractivity contribution in [2.24, 2.45) is 5.73 Å². The minimum Gasteiger partial charge on any atom is -0.365 e. The first-order valence-corrected chi connectivity index (χ1v) is 5.18. The highest BCUT2D eigenvalue weighted by atomic mass is 32.2. The number of hydrogen-bond donors (Lipinski definition) is 3. The number of hydrogen-bond acceptors (Lipinski definition) is 5. The molecule has 4 N–H and O–H groups in total. The number of carbonyl (C=O) groups is 1. The van der Waals surface area contributed by atoms with Crippen LogP contribution in [-0.2, 0) is 0 Å². The average Bonchev–Trinajstić information content (AvgIpc) is 2.57. The van der Waals surface area contributed by atoms with Gasteiger partial charge in [-0.25, -0.2) is 5.10 Å². The van der Waals surface area contributed by atoms with E-state index in [1.807, 2.05) is 0 Å². The van der Waals surface area contributed by atoms with Crippen LogP contribution in [0, 0.1) is 0 Å². The van der Waals surface area contributed by atoms with Crippen LogP contribution in [-0.4, -0.2) is 32.6 Å². The zero-order chi connectivity index (χ0) is 11.0. The van der Waals surface area contributed by atoms with Crippen molar-refractivity contribution in [2.75, 3.05) is 6.26 Å². The van der Waals surface area contributed by atoms with Crippen molar-refractivity contribution in [3.63, 3.8) is 0 Å². The normalized spacial score (nSPS) is 10.7. The number of aromatic amines is 2. The third-order valence-corrected chi connectivity index (χ3v) is 2.64. The molecule has 7 nitrogen and oxygen atoms in total. The lowest BCUT2D eigenvalue weighted by atomic mass is 10.2. The molecule has 78 valence electrons. The summed E-state index contributed by atoms with van der Waals surface area (Å²) in [6.07, 6.45) is 1.76. The van der Waals surface area contributed by atoms with E-state index in [1.54, 1.807) is 6.26 Å². The lowest BCUT2D eigenvalue weighted by molar-refractivity contribution is 0.0999. The molecule has 0 aliphatic heterocycles. The zero-order valence-electron chi connectivity index (χ0n) is 7.70. The van der Waals surface area contributed by atoms with Crippen LogP contribution in [0.3, 0.4) is 0 Å². The molecule has 2 rings (SSSR count). The lowest BCUT2D eigenvalue weighted by Crippen LogP contribution is -2.16. The first-order valence-electron chi connectivity index (χ1n) is 3.96. The van der Waals surface area contributed by atoms with Crippen molar-refractivity contribution in [3.05, 3.63) is 15.9 Å². The molecule has 2 aromatic heterocycles. The number of rotatable bonds is 2. The summed E-state index contributed by atoms with van der Waals surface area (Å²) in [7, 11) is 0. The maximum Gasteiger partial charge on any atom is 0.277 e. The Bertz CT molecular complexity index is 587. The standard InChI is InChI=1S/C7H7N5O2S/c1-15-7-2(4(8)13)3-5(9-7)10-12-11-6(3)14/h1H3,(H2,8,13)(H2,9,10,11,14). The summed E-state index contributed by atoms with van der Waals surface area (Å²) >= 11 is 1.28. The van der Waals surface area contributed by atoms with Crippen LogP contribution < -0.4 is 11.3 Å². The van der Waals surface area contributed by atoms with Gasteiger partial charge in [0, 0.05) is 0 Å². The maximum atomic E-state index is 11.4. The van der Waals surface area contributed by atoms with Gasteiger partial charge in [-0.2, -0.15) is 0 Å². The van der Waals surface area contributed by atoms with Gasteiger partial charge in [0.2, 0.25) is 0 Å². The molecule has 8 heteroatoms. The molecule has 0 saturated carbocycles. The number of nitrogens with zero attached hydrogens (tertiary/aromatic N) is 2. The van der Waals surface area contributed by atoms with E-state index in [0.717, 1.165) is 0 Å². The van der Waals surface area contributed by atoms with Crippen LogP contribution >= 0.6 is 11.8 Å². The van der Waals surface area contributed by atoms with Crippen LogP contribution in [0.5, 0.6) is 0 Å². The second-order valence-corrected chi connectivity index (χ2v) is 3.58. The average molecular weight is 225 g/mol. The Morgan fingerprint density at radius 1 is 1.53 bits per heavy atom. The van der Waals surface area contributed by atoms with Crippen molar-refractivity contribution in [3.8, 4) is 0 Å². The Labute approximate surface area is 87.4 Å². The maximum absolute atomic E-state index is 11.4. The third-order valence-electron chi connectivity index (χ3n) is 1.92. The summed E-state index contributed by atoms with van der Waals surface area (Å²) in [5.41, 5.74) is 5.14. The van der Waals surface area contributed by atoms with Crippen molar-refractivity contribution in [1.29, 1.82) is 0 Å². The van der Waals surface area contributed by atoms with E-state index in [9.17, 15) is 9.59 Å². The number of nitrogens with one attached hydrogen (secondary N) is 2. The van der Waals surface area contributed by atoms with Gasteiger partial charge < -0.3 is 10.7 Å². The molecule has 0 spiro atoms. The summed E-state index contributed by atoms with van der Waals surface area (Å²) in [4.78, 5) is 25.4. The molecule has 2 heterocycles. The van der Waals surface area contributed by atoms with Crippen molar-refractivity contribution >= 4 is 28.7 Å². The topological polar surface area (TPSA) is 118 Å². The van der Waals surface area contributed by atoms with E-state index in [1.165, 1.54) is 11.8 Å². The fourth-order valence-electron chi connectivity index (χ4n) is 1.33. The van der Waals surface area contributed by atoms with Gasteiger partial charge in [0.1, 0.15) is 5.39 Å². The molecule has 0 bridgehead atoms. The van der Waals surface area contributed by atoms with Crippen molar-refractivity contribution in [1.82, 2.24) is 20.4 Å². The number of carbonyl (C=O) groups excluding carboxylic acids is 1. The van der Waals surface area contributed by atoms with E-state index >= 15 is 0 Å². The Balaban J connectivity index is 2.95. The molecular weight excluding hydrogens is 218 g/mol. The molecule has 1 amide bonds. The Morgan fingerprint density at radius 3 is 2.87 bits per heavy atom. The van der Waals surface area contributed by atoms with Crippen LogP contribution in [0.1, 0.15) is 10.4 Å². The highest BCUT2D eigenvalue weighted by molar-refractivity contribution is 7.98. The Kier molecular flexibility index (Phi) is 2.19. The summed E-state index contributed by atoms with van der Waals surface area (Å²) < 4.78 is 0. The summed E-state index contributed by atoms with van der Waals surface area (Å²) in [6.45, 7) is 0. The smallest absolute Gasteiger partial charge is 0.277 e. The molecule has 15 heavy (non-hydrogen) atoms. The van der Waals surface area contributed by atoms with Gasteiger partial charge in [-0.15, -0.1) is 16.9 Å². The Hall–Kier alpha value is -1.83. The molecule has 0 unspecified atom stereocenters. The molecular formula is C7H7N5O2S. The first kappa shape index (κ1) is 9.71. The van der Waals surface area contributed by atoms with Gasteiger partial charge in [-0.05, 0) is 6.26 Å². The van der Waals surface area contributed by atoms with Crippen molar-refractivity contribution < 1.29 is 4.79 Å². The fraction of sp³-hybridized carbons (Fsp3) is 0.143. The summed E-state index contributed by atoms with van der Waals surface area (Å²) in [5.74, 6) is -0.663. The number of H-pyrrole nitrogens is 2. The monoisotopic (exact) mass is 225 g/mol. The van der Waals surface area contributed by atoms with Crippen LogP contribution in [0.15, 0.2) is 9.82 Å². The number of primary amides is 1. The Morgan fingerprint density at radius 2 is 2.27 bits per heavy atom. The highest BCUT2D eigenvalue weighted by Crippen LogP contribution is 2.23. The van der Waals surface area contributed by atoms with Gasteiger partial charge >= 0.3 is 0 Å². The minimum atomic E-state index is -0.663. The molecule has 0 saturated heterocycles. The summed E-state index contributed by atoms with van der Waals surface area (Å²) in [6, 6.07) is 0. The third kappa shape index (κ3) is 1.38. The predicted molar refractivity (Wildman–Crippen MR) is 54.8 cm³/mol. The molecule has 0 aromatic carbocycles. The number of aromatic nitrogens is 4. The number of fused-ring (bicyclic) bond motifs is 1. The zero-order valence-corrected chi connectivity index (χ0v) is 8.51. The molecule has 0 fully saturated rings. The first-order chi connectivity index (χ1) is 7.15. The quantitative estimate of drug-likeness (QED) is 0.593. The van der Waals surface area contributed by atoms with E-state index in [2.05, 4.69) is 20.4 Å². The minimum absolute atomic E-state index is 0.154. The van der Waals surface area contributed by atoms with Crippen LogP contribution in [0.4, 0.5) is 0 Å². The van der Waals surface area contributed by atoms with Crippen molar-refractivity contribution in [2.45, 2.75) is 5.03 Å². The molecule has 2 aromatic rings. The van der Waals surface area contributed by atoms with Gasteiger partial charge in [-0.3, -0.25) is 9.59 Å². The van der Waals surface area contributed by atoms with Gasteiger partial charge in [0.05, 0.1) is 10.6 Å². The largest absolute Gasteiger partial charge is 0.365 e. The fourth-order valence-corrected chi connectivity index (χ4v) is 1.93. The van der Waals surface area contributed by atoms with E-state index in [0.29, 0.717) is 5.03 Å². The molecule has 0 aliphatic carbocycles. The molecule has 0 aliphatic rings. The van der Waals surface area contributed by atoms with E-state index < -0.39 is 11.5 Å². The van der Waals surface area contributed by atoms with Gasteiger partial charge in [-0.1, -0.05) is 5.21 Å². The number of thioether (sulfide) groups is 1. The van der Waals surface area contributed by atoms with E-state index in [4.69, 9.17) is 5.73 Å². The molecule has 0 radical (unpaired) electrons. The molecule has 0 atom stereocenters. The van der Waals surface area contributed by atoms with Crippen LogP contribution in [0.2, 0.25) is 0 Å². The van der Waals surface area contributed by atoms with Gasteiger partial charge in [0.15, 0.2) is 5.65 Å². The second kappa shape index (κ2) is 3.39.